The zero-order valence-corrected chi connectivity index (χ0v) is 9.29. The minimum absolute atomic E-state index is 0.284. The molecule has 0 saturated carbocycles. The van der Waals surface area contributed by atoms with Gasteiger partial charge in [-0.2, -0.15) is 0 Å². The topological polar surface area (TPSA) is 0 Å². The van der Waals surface area contributed by atoms with E-state index in [0.29, 0.717) is 16.1 Å². The van der Waals surface area contributed by atoms with Gasteiger partial charge in [-0.05, 0) is 17.7 Å². The predicted octanol–water partition coefficient (Wildman–Crippen LogP) is 4.81. The average molecular weight is 233 g/mol. The van der Waals surface area contributed by atoms with Gasteiger partial charge in [0.15, 0.2) is 0 Å². The number of hydrogen-bond acceptors (Lipinski definition) is 0. The van der Waals surface area contributed by atoms with Gasteiger partial charge < -0.3 is 0 Å². The van der Waals surface area contributed by atoms with E-state index in [1.807, 2.05) is 18.2 Å². The molecule has 2 rings (SSSR count). The number of rotatable bonds is 2. The fourth-order valence-corrected chi connectivity index (χ4v) is 1.60. The second kappa shape index (κ2) is 4.95. The van der Waals surface area contributed by atoms with Crippen LogP contribution in [-0.2, 0) is 0 Å². The van der Waals surface area contributed by atoms with Gasteiger partial charge >= 0.3 is 0 Å². The van der Waals surface area contributed by atoms with Crippen LogP contribution in [0.15, 0.2) is 54.6 Å². The molecule has 0 nitrogen and oxygen atoms in total. The molecule has 0 radical (unpaired) electrons. The van der Waals surface area contributed by atoms with Gasteiger partial charge in [0.05, 0.1) is 0 Å². The molecule has 0 bridgehead atoms. The monoisotopic (exact) mass is 232 g/mol. The van der Waals surface area contributed by atoms with Gasteiger partial charge in [-0.3, -0.25) is 0 Å². The fourth-order valence-electron chi connectivity index (χ4n) is 1.41. The molecule has 0 aliphatic rings. The zero-order valence-electron chi connectivity index (χ0n) is 8.53. The minimum Gasteiger partial charge on any atom is -0.206 e. The van der Waals surface area contributed by atoms with Crippen molar-refractivity contribution in [3.8, 4) is 0 Å². The summed E-state index contributed by atoms with van der Waals surface area (Å²) in [7, 11) is 0. The first-order valence-corrected chi connectivity index (χ1v) is 5.32. The smallest absolute Gasteiger partial charge is 0.131 e. The third kappa shape index (κ3) is 2.50. The molecule has 2 aromatic carbocycles. The second-order valence-corrected chi connectivity index (χ2v) is 3.79. The maximum absolute atomic E-state index is 13.8. The molecular weight excluding hydrogens is 223 g/mol. The van der Waals surface area contributed by atoms with Crippen molar-refractivity contribution in [2.24, 2.45) is 0 Å². The summed E-state index contributed by atoms with van der Waals surface area (Å²) in [6.07, 6.45) is 1.44. The van der Waals surface area contributed by atoms with Gasteiger partial charge in [-0.25, -0.2) is 4.39 Å². The Balaban J connectivity index is 2.36. The molecule has 0 atom stereocenters. The summed E-state index contributed by atoms with van der Waals surface area (Å²) in [6.45, 7) is 0. The number of benzene rings is 2. The summed E-state index contributed by atoms with van der Waals surface area (Å²) in [5.41, 5.74) is 1.24. The van der Waals surface area contributed by atoms with Crippen LogP contribution in [0.5, 0.6) is 0 Å². The van der Waals surface area contributed by atoms with Crippen molar-refractivity contribution < 1.29 is 4.39 Å². The van der Waals surface area contributed by atoms with Gasteiger partial charge in [0, 0.05) is 10.6 Å². The van der Waals surface area contributed by atoms with Gasteiger partial charge in [0.2, 0.25) is 0 Å². The molecule has 16 heavy (non-hydrogen) atoms. The Morgan fingerprint density at radius 3 is 2.25 bits per heavy atom. The molecular formula is C14H10ClF. The highest BCUT2D eigenvalue weighted by Crippen LogP contribution is 2.23. The van der Waals surface area contributed by atoms with Gasteiger partial charge in [0.1, 0.15) is 5.83 Å². The van der Waals surface area contributed by atoms with Crippen molar-refractivity contribution >= 4 is 23.5 Å². The summed E-state index contributed by atoms with van der Waals surface area (Å²) < 4.78 is 13.8. The van der Waals surface area contributed by atoms with E-state index in [1.165, 1.54) is 6.08 Å². The zero-order chi connectivity index (χ0) is 11.4. The lowest BCUT2D eigenvalue weighted by Gasteiger charge is -1.99. The maximum Gasteiger partial charge on any atom is 0.131 e. The van der Waals surface area contributed by atoms with Gasteiger partial charge in [-0.15, -0.1) is 0 Å². The molecule has 0 unspecified atom stereocenters. The van der Waals surface area contributed by atoms with E-state index in [4.69, 9.17) is 11.6 Å². The van der Waals surface area contributed by atoms with E-state index >= 15 is 0 Å². The highest BCUT2D eigenvalue weighted by Gasteiger charge is 2.01. The number of halogens is 2. The van der Waals surface area contributed by atoms with Crippen molar-refractivity contribution in [3.63, 3.8) is 0 Å². The molecule has 0 aliphatic carbocycles. The van der Waals surface area contributed by atoms with Crippen molar-refractivity contribution in [3.05, 3.63) is 70.7 Å². The Hall–Kier alpha value is -1.60. The molecule has 2 heteroatoms. The Morgan fingerprint density at radius 2 is 1.56 bits per heavy atom. The standard InChI is InChI=1S/C14H10ClF/c15-13-9-5-4-8-12(13)10-14(16)11-6-2-1-3-7-11/h1-10H/b14-10+. The van der Waals surface area contributed by atoms with E-state index in [2.05, 4.69) is 0 Å². The van der Waals surface area contributed by atoms with E-state index in [9.17, 15) is 4.39 Å². The summed E-state index contributed by atoms with van der Waals surface area (Å²) in [5, 5.41) is 0.550. The van der Waals surface area contributed by atoms with Crippen LogP contribution >= 0.6 is 11.6 Å². The van der Waals surface area contributed by atoms with Crippen LogP contribution in [0.25, 0.3) is 11.9 Å². The average Bonchev–Trinajstić information content (AvgIpc) is 2.33. The van der Waals surface area contributed by atoms with Crippen molar-refractivity contribution in [2.45, 2.75) is 0 Å². The van der Waals surface area contributed by atoms with Crippen LogP contribution < -0.4 is 0 Å². The third-order valence-corrected chi connectivity index (χ3v) is 2.58. The summed E-state index contributed by atoms with van der Waals surface area (Å²) in [4.78, 5) is 0. The SMILES string of the molecule is F/C(=C/c1ccccc1Cl)c1ccccc1. The first kappa shape index (κ1) is 10.9. The Morgan fingerprint density at radius 1 is 0.938 bits per heavy atom. The van der Waals surface area contributed by atoms with Gasteiger partial charge in [0.25, 0.3) is 0 Å². The number of hydrogen-bond donors (Lipinski definition) is 0. The maximum atomic E-state index is 13.8. The molecule has 0 saturated heterocycles. The summed E-state index contributed by atoms with van der Waals surface area (Å²) >= 11 is 5.94. The fraction of sp³-hybridized carbons (Fsp3) is 0. The lowest BCUT2D eigenvalue weighted by molar-refractivity contribution is 0.765. The molecule has 80 valence electrons. The van der Waals surface area contributed by atoms with E-state index in [1.54, 1.807) is 36.4 Å². The molecule has 2 aromatic rings. The van der Waals surface area contributed by atoms with Gasteiger partial charge in [-0.1, -0.05) is 60.1 Å². The van der Waals surface area contributed by atoms with Crippen molar-refractivity contribution in [2.75, 3.05) is 0 Å². The molecule has 0 amide bonds. The van der Waals surface area contributed by atoms with Crippen molar-refractivity contribution in [1.82, 2.24) is 0 Å². The van der Waals surface area contributed by atoms with Crippen molar-refractivity contribution in [1.29, 1.82) is 0 Å². The summed E-state index contributed by atoms with van der Waals surface area (Å²) in [6, 6.07) is 16.1. The minimum atomic E-state index is -0.284. The van der Waals surface area contributed by atoms with Crippen LogP contribution in [0.3, 0.4) is 0 Å². The Bertz CT molecular complexity index is 503. The first-order valence-electron chi connectivity index (χ1n) is 4.94. The normalized spacial score (nSPS) is 11.5. The van der Waals surface area contributed by atoms with Crippen LogP contribution in [0.4, 0.5) is 4.39 Å². The molecule has 0 heterocycles. The highest BCUT2D eigenvalue weighted by molar-refractivity contribution is 6.32. The van der Waals surface area contributed by atoms with Crippen LogP contribution in [0.2, 0.25) is 5.02 Å². The Kier molecular flexibility index (Phi) is 3.37. The van der Waals surface area contributed by atoms with Crippen LogP contribution in [0.1, 0.15) is 11.1 Å². The highest BCUT2D eigenvalue weighted by atomic mass is 35.5. The third-order valence-electron chi connectivity index (χ3n) is 2.24. The lowest BCUT2D eigenvalue weighted by atomic mass is 10.1. The largest absolute Gasteiger partial charge is 0.206 e. The van der Waals surface area contributed by atoms with Crippen LogP contribution in [-0.4, -0.2) is 0 Å². The summed E-state index contributed by atoms with van der Waals surface area (Å²) in [5.74, 6) is -0.284. The molecule has 0 aromatic heterocycles. The molecule has 0 fully saturated rings. The van der Waals surface area contributed by atoms with E-state index in [-0.39, 0.29) is 5.83 Å². The lowest BCUT2D eigenvalue weighted by Crippen LogP contribution is -1.78. The predicted molar refractivity (Wildman–Crippen MR) is 66.9 cm³/mol. The van der Waals surface area contributed by atoms with Crippen LogP contribution in [0, 0.1) is 0 Å². The van der Waals surface area contributed by atoms with E-state index in [0.717, 1.165) is 0 Å². The second-order valence-electron chi connectivity index (χ2n) is 3.38. The first-order chi connectivity index (χ1) is 7.77. The molecule has 0 spiro atoms. The Labute approximate surface area is 99.0 Å². The van der Waals surface area contributed by atoms with E-state index < -0.39 is 0 Å². The quantitative estimate of drug-likeness (QED) is 0.652. The molecule has 0 aliphatic heterocycles. The molecule has 0 N–H and O–H groups in total.